The average molecular weight is 338 g/mol. The molecule has 0 aliphatic rings. The molecular weight excluding hydrogens is 332 g/mol. The van der Waals surface area contributed by atoms with Crippen LogP contribution in [0.3, 0.4) is 0 Å². The third-order valence-corrected chi connectivity index (χ3v) is 1.03. The van der Waals surface area contributed by atoms with Crippen LogP contribution in [0, 0.1) is 0 Å². The molecule has 0 aliphatic carbocycles. The largest absolute Gasteiger partial charge is 0.459 e. The van der Waals surface area contributed by atoms with Gasteiger partial charge in [0.1, 0.15) is 0 Å². The Balaban J connectivity index is -0.0000000831. The summed E-state index contributed by atoms with van der Waals surface area (Å²) in [5, 5.41) is 0. The van der Waals surface area contributed by atoms with E-state index in [1.165, 1.54) is 0 Å². The van der Waals surface area contributed by atoms with Gasteiger partial charge in [-0.2, -0.15) is 52.7 Å². The molecular formula is C6H6F12O2. The molecule has 0 spiro atoms. The van der Waals surface area contributed by atoms with Crippen LogP contribution >= 0.6 is 0 Å². The fourth-order valence-corrected chi connectivity index (χ4v) is 0.321. The number of rotatable bonds is 0. The molecule has 2 nitrogen and oxygen atoms in total. The van der Waals surface area contributed by atoms with Crippen LogP contribution in [0.25, 0.3) is 0 Å². The van der Waals surface area contributed by atoms with Gasteiger partial charge in [-0.15, -0.1) is 0 Å². The summed E-state index contributed by atoms with van der Waals surface area (Å²) in [6.07, 6.45) is -23.3. The molecule has 0 aromatic carbocycles. The molecule has 0 radical (unpaired) electrons. The summed E-state index contributed by atoms with van der Waals surface area (Å²) < 4.78 is 131. The summed E-state index contributed by atoms with van der Waals surface area (Å²) >= 11 is 0. The minimum absolute atomic E-state index is 0. The van der Waals surface area contributed by atoms with Gasteiger partial charge < -0.3 is 0 Å². The molecule has 0 N–H and O–H groups in total. The molecule has 0 rings (SSSR count). The first-order valence-electron chi connectivity index (χ1n) is 3.68. The van der Waals surface area contributed by atoms with Crippen LogP contribution in [-0.4, -0.2) is 36.3 Å². The van der Waals surface area contributed by atoms with Crippen LogP contribution in [-0.2, 0) is 9.59 Å². The maximum atomic E-state index is 10.9. The number of carbonyl (C=O) groups excluding carboxylic acids is 2. The van der Waals surface area contributed by atoms with Crippen molar-refractivity contribution >= 4 is 11.6 Å². The Bertz CT molecular complexity index is 297. The highest BCUT2D eigenvalue weighted by Gasteiger charge is 2.56. The first kappa shape index (κ1) is 20.8. The van der Waals surface area contributed by atoms with Crippen molar-refractivity contribution in [3.63, 3.8) is 0 Å². The van der Waals surface area contributed by atoms with Gasteiger partial charge in [-0.3, -0.25) is 9.59 Å². The minimum atomic E-state index is -5.82. The lowest BCUT2D eigenvalue weighted by molar-refractivity contribution is -0.217. The second kappa shape index (κ2) is 5.87. The van der Waals surface area contributed by atoms with Crippen molar-refractivity contribution < 1.29 is 66.6 Å². The molecule has 0 saturated carbocycles. The maximum absolute atomic E-state index is 10.9. The van der Waals surface area contributed by atoms with Gasteiger partial charge in [0, 0.05) is 4.28 Å². The Morgan fingerprint density at radius 1 is 0.450 bits per heavy atom. The van der Waals surface area contributed by atoms with E-state index in [2.05, 4.69) is 0 Å². The lowest BCUT2D eigenvalue weighted by atomic mass is 10.4. The predicted octanol–water partition coefficient (Wildman–Crippen LogP) is 4.10. The zero-order valence-electron chi connectivity index (χ0n) is 8.35. The lowest BCUT2D eigenvalue weighted by Gasteiger charge is -2.06. The van der Waals surface area contributed by atoms with Crippen LogP contribution < -0.4 is 0 Å². The van der Waals surface area contributed by atoms with E-state index in [1.54, 1.807) is 0 Å². The topological polar surface area (TPSA) is 34.1 Å². The molecule has 0 aromatic rings. The second-order valence-electron chi connectivity index (χ2n) is 2.65. The van der Waals surface area contributed by atoms with E-state index in [0.29, 0.717) is 0 Å². The Labute approximate surface area is 104 Å². The van der Waals surface area contributed by atoms with Crippen LogP contribution in [0.1, 0.15) is 4.28 Å². The second-order valence-corrected chi connectivity index (χ2v) is 2.65. The summed E-state index contributed by atoms with van der Waals surface area (Å²) in [7, 11) is 0. The highest BCUT2D eigenvalue weighted by Crippen LogP contribution is 2.28. The van der Waals surface area contributed by atoms with Crippen molar-refractivity contribution in [3.8, 4) is 0 Å². The van der Waals surface area contributed by atoms with E-state index in [9.17, 15) is 62.3 Å². The van der Waals surface area contributed by atoms with Crippen LogP contribution in [0.15, 0.2) is 0 Å². The first-order chi connectivity index (χ1) is 8.31. The zero-order valence-corrected chi connectivity index (χ0v) is 8.35. The molecule has 0 heterocycles. The van der Waals surface area contributed by atoms with Crippen molar-refractivity contribution in [2.75, 3.05) is 0 Å². The highest BCUT2D eigenvalue weighted by molar-refractivity contribution is 5.89. The van der Waals surface area contributed by atoms with E-state index in [1.807, 2.05) is 0 Å². The number of alkyl halides is 12. The van der Waals surface area contributed by atoms with Gasteiger partial charge in [0.05, 0.1) is 0 Å². The Hall–Kier alpha value is -1.50. The molecule has 0 amide bonds. The Morgan fingerprint density at radius 2 is 0.550 bits per heavy atom. The normalized spacial score (nSPS) is 13.4. The number of hydrogen-bond donors (Lipinski definition) is 0. The Morgan fingerprint density at radius 3 is 0.550 bits per heavy atom. The average Bonchev–Trinajstić information content (AvgIpc) is 2.10. The summed E-state index contributed by atoms with van der Waals surface area (Å²) in [6, 6.07) is 0. The molecule has 14 heteroatoms. The monoisotopic (exact) mass is 338 g/mol. The molecule has 0 atom stereocenters. The van der Waals surface area contributed by atoms with Crippen LogP contribution in [0.4, 0.5) is 52.7 Å². The van der Waals surface area contributed by atoms with Crippen LogP contribution in [0.5, 0.6) is 0 Å². The van der Waals surface area contributed by atoms with Crippen molar-refractivity contribution in [2.45, 2.75) is 24.7 Å². The number of halogens is 12. The van der Waals surface area contributed by atoms with Gasteiger partial charge in [0.25, 0.3) is 0 Å². The standard InChI is InChI=1S/2C3F6O.3H2/c2*4-2(5,6)1(10)3(7,8)9;;;/h;;3*1H. The molecule has 0 bridgehead atoms. The number of carbonyl (C=O) groups is 2. The summed E-state index contributed by atoms with van der Waals surface area (Å²) in [5.74, 6) is -7.36. The number of ketones is 2. The van der Waals surface area contributed by atoms with Crippen molar-refractivity contribution in [2.24, 2.45) is 0 Å². The van der Waals surface area contributed by atoms with E-state index in [4.69, 9.17) is 0 Å². The van der Waals surface area contributed by atoms with Gasteiger partial charge >= 0.3 is 36.3 Å². The smallest absolute Gasteiger partial charge is 0.279 e. The van der Waals surface area contributed by atoms with Gasteiger partial charge in [-0.1, -0.05) is 0 Å². The van der Waals surface area contributed by atoms with Gasteiger partial charge in [0.2, 0.25) is 0 Å². The predicted molar refractivity (Wildman–Crippen MR) is 40.6 cm³/mol. The number of hydrogen-bond acceptors (Lipinski definition) is 2. The maximum Gasteiger partial charge on any atom is 0.459 e. The molecule has 20 heavy (non-hydrogen) atoms. The summed E-state index contributed by atoms with van der Waals surface area (Å²) in [5.41, 5.74) is 0. The third-order valence-electron chi connectivity index (χ3n) is 1.03. The minimum Gasteiger partial charge on any atom is -0.279 e. The Kier molecular flexibility index (Phi) is 6.10. The molecule has 0 saturated heterocycles. The van der Waals surface area contributed by atoms with E-state index in [0.717, 1.165) is 0 Å². The molecule has 0 aromatic heterocycles. The first-order valence-corrected chi connectivity index (χ1v) is 3.68. The van der Waals surface area contributed by atoms with Crippen molar-refractivity contribution in [3.05, 3.63) is 0 Å². The van der Waals surface area contributed by atoms with Crippen LogP contribution in [0.2, 0.25) is 0 Å². The summed E-state index contributed by atoms with van der Waals surface area (Å²) in [4.78, 5) is 18.5. The number of Topliss-reactive ketones (excluding diaryl/α,β-unsaturated/α-hetero) is 2. The van der Waals surface area contributed by atoms with Crippen molar-refractivity contribution in [1.82, 2.24) is 0 Å². The van der Waals surface area contributed by atoms with Gasteiger partial charge in [0.15, 0.2) is 0 Å². The van der Waals surface area contributed by atoms with Gasteiger partial charge in [-0.05, 0) is 0 Å². The van der Waals surface area contributed by atoms with E-state index < -0.39 is 36.3 Å². The third kappa shape index (κ3) is 7.83. The zero-order chi connectivity index (χ0) is 17.2. The fraction of sp³-hybridized carbons (Fsp3) is 0.667. The lowest BCUT2D eigenvalue weighted by Crippen LogP contribution is -2.36. The van der Waals surface area contributed by atoms with Crippen molar-refractivity contribution in [1.29, 1.82) is 0 Å². The van der Waals surface area contributed by atoms with Gasteiger partial charge in [-0.25, -0.2) is 0 Å². The highest BCUT2D eigenvalue weighted by atomic mass is 19.4. The quantitative estimate of drug-likeness (QED) is 0.623. The molecule has 0 unspecified atom stereocenters. The van der Waals surface area contributed by atoms with E-state index >= 15 is 0 Å². The molecule has 0 aliphatic heterocycles. The SMILES string of the molecule is O=C(C(F)(F)F)C(F)(F)F.O=C(C(F)(F)F)C(F)(F)F.[HH].[HH].[HH]. The van der Waals surface area contributed by atoms with E-state index in [-0.39, 0.29) is 4.28 Å². The molecule has 0 fully saturated rings. The summed E-state index contributed by atoms with van der Waals surface area (Å²) in [6.45, 7) is 0. The molecule has 126 valence electrons. The fourth-order valence-electron chi connectivity index (χ4n) is 0.321.